The van der Waals surface area contributed by atoms with Crippen LogP contribution >= 0.6 is 0 Å². The molecule has 1 aliphatic heterocycles. The van der Waals surface area contributed by atoms with Gasteiger partial charge in [0.25, 0.3) is 5.91 Å². The van der Waals surface area contributed by atoms with Gasteiger partial charge < -0.3 is 15.6 Å². The number of nitrogens with two attached hydrogens (primary N) is 1. The van der Waals surface area contributed by atoms with Crippen molar-refractivity contribution in [2.45, 2.75) is 13.0 Å². The molecule has 1 aromatic rings. The molecule has 1 saturated heterocycles. The van der Waals surface area contributed by atoms with E-state index >= 15 is 0 Å². The van der Waals surface area contributed by atoms with Crippen LogP contribution in [0.5, 0.6) is 0 Å². The van der Waals surface area contributed by atoms with E-state index in [0.29, 0.717) is 18.2 Å². The van der Waals surface area contributed by atoms with Crippen molar-refractivity contribution in [2.24, 2.45) is 5.84 Å². The normalized spacial score (nSPS) is 20.3. The highest BCUT2D eigenvalue weighted by molar-refractivity contribution is 5.96. The first-order valence-corrected chi connectivity index (χ1v) is 7.25. The molecule has 1 aromatic carbocycles. The van der Waals surface area contributed by atoms with Crippen molar-refractivity contribution in [3.8, 4) is 0 Å². The molecule has 1 atom stereocenters. The lowest BCUT2D eigenvalue weighted by molar-refractivity contribution is 0.0880. The summed E-state index contributed by atoms with van der Waals surface area (Å²) in [4.78, 5) is 16.9. The zero-order valence-electron chi connectivity index (χ0n) is 13.0. The van der Waals surface area contributed by atoms with Crippen LogP contribution in [-0.2, 0) is 0 Å². The molecule has 6 heteroatoms. The third-order valence-corrected chi connectivity index (χ3v) is 4.12. The number of nitrogens with zero attached hydrogens (tertiary/aromatic N) is 2. The molecule has 6 nitrogen and oxygen atoms in total. The van der Waals surface area contributed by atoms with Gasteiger partial charge in [-0.05, 0) is 44.8 Å². The van der Waals surface area contributed by atoms with Crippen LogP contribution in [0.15, 0.2) is 18.2 Å². The van der Waals surface area contributed by atoms with Crippen LogP contribution in [0.3, 0.4) is 0 Å². The van der Waals surface area contributed by atoms with E-state index in [-0.39, 0.29) is 5.91 Å². The first kappa shape index (κ1) is 15.8. The third kappa shape index (κ3) is 3.93. The zero-order valence-corrected chi connectivity index (χ0v) is 13.0. The summed E-state index contributed by atoms with van der Waals surface area (Å²) in [6, 6.07) is 5.84. The van der Waals surface area contributed by atoms with E-state index in [9.17, 15) is 4.79 Å². The number of carbonyl (C=O) groups excluding carboxylic acids is 1. The van der Waals surface area contributed by atoms with Gasteiger partial charge in [-0.1, -0.05) is 0 Å². The topological polar surface area (TPSA) is 73.6 Å². The van der Waals surface area contributed by atoms with E-state index < -0.39 is 0 Å². The van der Waals surface area contributed by atoms with Gasteiger partial charge in [0.1, 0.15) is 0 Å². The van der Waals surface area contributed by atoms with Gasteiger partial charge in [0.2, 0.25) is 0 Å². The van der Waals surface area contributed by atoms with Crippen LogP contribution in [0.25, 0.3) is 0 Å². The number of hydrazine groups is 1. The Kier molecular flexibility index (Phi) is 5.17. The fourth-order valence-corrected chi connectivity index (χ4v) is 2.64. The SMILES string of the molecule is Cc1cc(NN)ccc1C(=O)NCC1CN(C)CCN1C. The molecule has 0 radical (unpaired) electrons. The number of anilines is 1. The molecular weight excluding hydrogens is 266 g/mol. The first-order valence-electron chi connectivity index (χ1n) is 7.25. The van der Waals surface area contributed by atoms with Crippen molar-refractivity contribution >= 4 is 11.6 Å². The highest BCUT2D eigenvalue weighted by atomic mass is 16.1. The summed E-state index contributed by atoms with van der Waals surface area (Å²) in [5.74, 6) is 5.34. The molecule has 1 fully saturated rings. The minimum atomic E-state index is -0.0299. The number of hydrogen-bond acceptors (Lipinski definition) is 5. The molecule has 2 rings (SSSR count). The van der Waals surface area contributed by atoms with Crippen molar-refractivity contribution in [2.75, 3.05) is 45.7 Å². The van der Waals surface area contributed by atoms with Crippen molar-refractivity contribution < 1.29 is 4.79 Å². The van der Waals surface area contributed by atoms with Gasteiger partial charge >= 0.3 is 0 Å². The summed E-state index contributed by atoms with van der Waals surface area (Å²) in [5, 5.41) is 3.04. The van der Waals surface area contributed by atoms with Crippen LogP contribution < -0.4 is 16.6 Å². The van der Waals surface area contributed by atoms with Gasteiger partial charge in [-0.3, -0.25) is 15.5 Å². The van der Waals surface area contributed by atoms with Gasteiger partial charge in [-0.15, -0.1) is 0 Å². The summed E-state index contributed by atoms with van der Waals surface area (Å²) in [5.41, 5.74) is 5.00. The molecule has 1 unspecified atom stereocenters. The van der Waals surface area contributed by atoms with Gasteiger partial charge in [-0.25, -0.2) is 0 Å². The zero-order chi connectivity index (χ0) is 15.4. The molecule has 0 aromatic heterocycles. The van der Waals surface area contributed by atoms with E-state index in [0.717, 1.165) is 30.9 Å². The largest absolute Gasteiger partial charge is 0.350 e. The maximum atomic E-state index is 12.3. The summed E-state index contributed by atoms with van der Waals surface area (Å²) in [6.45, 7) is 5.67. The molecule has 116 valence electrons. The second-order valence-electron chi connectivity index (χ2n) is 5.78. The van der Waals surface area contributed by atoms with E-state index in [1.54, 1.807) is 6.07 Å². The Morgan fingerprint density at radius 2 is 2.14 bits per heavy atom. The molecule has 1 heterocycles. The van der Waals surface area contributed by atoms with Crippen LogP contribution in [0, 0.1) is 6.92 Å². The lowest BCUT2D eigenvalue weighted by Crippen LogP contribution is -2.54. The molecule has 0 spiro atoms. The number of aryl methyl sites for hydroxylation is 1. The molecule has 1 aliphatic rings. The molecular formula is C15H25N5O. The number of piperazine rings is 1. The number of likely N-dealkylation sites (N-methyl/N-ethyl adjacent to an activating group) is 2. The molecule has 0 saturated carbocycles. The molecule has 1 amide bonds. The number of nitrogens with one attached hydrogen (secondary N) is 2. The molecule has 4 N–H and O–H groups in total. The van der Waals surface area contributed by atoms with Crippen molar-refractivity contribution in [3.63, 3.8) is 0 Å². The third-order valence-electron chi connectivity index (χ3n) is 4.12. The Balaban J connectivity index is 1.95. The predicted octanol–water partition coefficient (Wildman–Crippen LogP) is 0.256. The summed E-state index contributed by atoms with van der Waals surface area (Å²) in [7, 11) is 4.22. The van der Waals surface area contributed by atoms with E-state index in [1.807, 2.05) is 19.1 Å². The van der Waals surface area contributed by atoms with Crippen molar-refractivity contribution in [3.05, 3.63) is 29.3 Å². The Labute approximate surface area is 126 Å². The van der Waals surface area contributed by atoms with Gasteiger partial charge in [0.05, 0.1) is 0 Å². The van der Waals surface area contributed by atoms with Gasteiger partial charge in [0, 0.05) is 43.5 Å². The lowest BCUT2D eigenvalue weighted by Gasteiger charge is -2.37. The average molecular weight is 291 g/mol. The average Bonchev–Trinajstić information content (AvgIpc) is 2.47. The van der Waals surface area contributed by atoms with Crippen LogP contribution in [-0.4, -0.2) is 62.0 Å². The van der Waals surface area contributed by atoms with Crippen molar-refractivity contribution in [1.82, 2.24) is 15.1 Å². The number of benzene rings is 1. The van der Waals surface area contributed by atoms with Gasteiger partial charge in [0.15, 0.2) is 0 Å². The minimum absolute atomic E-state index is 0.0299. The lowest BCUT2D eigenvalue weighted by atomic mass is 10.1. The summed E-state index contributed by atoms with van der Waals surface area (Å²) >= 11 is 0. The fourth-order valence-electron chi connectivity index (χ4n) is 2.64. The van der Waals surface area contributed by atoms with E-state index in [1.165, 1.54) is 0 Å². The maximum Gasteiger partial charge on any atom is 0.251 e. The maximum absolute atomic E-state index is 12.3. The van der Waals surface area contributed by atoms with Crippen LogP contribution in [0.2, 0.25) is 0 Å². The standard InChI is InChI=1S/C15H25N5O/c1-11-8-12(18-16)4-5-14(11)15(21)17-9-13-10-19(2)6-7-20(13)3/h4-5,8,13,18H,6-7,9-10,16H2,1-3H3,(H,17,21). The monoisotopic (exact) mass is 291 g/mol. The second kappa shape index (κ2) is 6.89. The number of hydrogen-bond donors (Lipinski definition) is 3. The molecule has 21 heavy (non-hydrogen) atoms. The number of rotatable bonds is 4. The predicted molar refractivity (Wildman–Crippen MR) is 85.2 cm³/mol. The summed E-state index contributed by atoms with van der Waals surface area (Å²) < 4.78 is 0. The van der Waals surface area contributed by atoms with E-state index in [4.69, 9.17) is 5.84 Å². The number of amides is 1. The highest BCUT2D eigenvalue weighted by Crippen LogP contribution is 2.14. The minimum Gasteiger partial charge on any atom is -0.350 e. The van der Waals surface area contributed by atoms with Crippen molar-refractivity contribution in [1.29, 1.82) is 0 Å². The molecule has 0 aliphatic carbocycles. The van der Waals surface area contributed by atoms with E-state index in [2.05, 4.69) is 34.6 Å². The van der Waals surface area contributed by atoms with Gasteiger partial charge in [-0.2, -0.15) is 0 Å². The van der Waals surface area contributed by atoms with Crippen LogP contribution in [0.1, 0.15) is 15.9 Å². The Bertz CT molecular complexity index is 505. The fraction of sp³-hybridized carbons (Fsp3) is 0.533. The second-order valence-corrected chi connectivity index (χ2v) is 5.78. The molecule has 0 bridgehead atoms. The number of carbonyl (C=O) groups is 1. The van der Waals surface area contributed by atoms with Crippen LogP contribution in [0.4, 0.5) is 5.69 Å². The Morgan fingerprint density at radius 1 is 1.38 bits per heavy atom. The smallest absolute Gasteiger partial charge is 0.251 e. The summed E-state index contributed by atoms with van der Waals surface area (Å²) in [6.07, 6.45) is 0. The Hall–Kier alpha value is -1.63. The quantitative estimate of drug-likeness (QED) is 0.548. The Morgan fingerprint density at radius 3 is 2.81 bits per heavy atom. The highest BCUT2D eigenvalue weighted by Gasteiger charge is 2.22. The first-order chi connectivity index (χ1) is 10.0. The number of nitrogen functional groups attached to an aromatic ring is 1.